The standard InChI is InChI=1S/C25H23Cl2N3O3/c1-15-7-9-19(10-8-15)25(32)30-28-13-18-11-20(26)24(21(27)12-18)33-14-23(31)29-22-6-4-5-16(2)17(22)3/h4-13H,14H2,1-3H3,(H,29,31)(H,30,32)/b28-13+. The van der Waals surface area contributed by atoms with E-state index in [0.29, 0.717) is 11.1 Å². The van der Waals surface area contributed by atoms with Crippen LogP contribution in [0.5, 0.6) is 5.75 Å². The number of anilines is 1. The lowest BCUT2D eigenvalue weighted by Gasteiger charge is -2.13. The van der Waals surface area contributed by atoms with E-state index in [1.165, 1.54) is 6.21 Å². The topological polar surface area (TPSA) is 79.8 Å². The van der Waals surface area contributed by atoms with Crippen molar-refractivity contribution < 1.29 is 14.3 Å². The molecular formula is C25H23Cl2N3O3. The Balaban J connectivity index is 1.59. The van der Waals surface area contributed by atoms with E-state index in [4.69, 9.17) is 27.9 Å². The van der Waals surface area contributed by atoms with Gasteiger partial charge in [-0.1, -0.05) is 53.0 Å². The Kier molecular flexibility index (Phi) is 8.09. The van der Waals surface area contributed by atoms with Gasteiger partial charge in [-0.3, -0.25) is 9.59 Å². The summed E-state index contributed by atoms with van der Waals surface area (Å²) >= 11 is 12.6. The van der Waals surface area contributed by atoms with Crippen molar-refractivity contribution in [2.45, 2.75) is 20.8 Å². The molecule has 0 bridgehead atoms. The molecule has 0 radical (unpaired) electrons. The zero-order valence-electron chi connectivity index (χ0n) is 18.4. The zero-order chi connectivity index (χ0) is 24.0. The van der Waals surface area contributed by atoms with Crippen LogP contribution in [0.25, 0.3) is 0 Å². The van der Waals surface area contributed by atoms with Gasteiger partial charge in [-0.15, -0.1) is 0 Å². The van der Waals surface area contributed by atoms with Gasteiger partial charge in [-0.25, -0.2) is 5.43 Å². The minimum absolute atomic E-state index is 0.190. The van der Waals surface area contributed by atoms with Gasteiger partial charge < -0.3 is 10.1 Å². The summed E-state index contributed by atoms with van der Waals surface area (Å²) in [6.45, 7) is 5.59. The van der Waals surface area contributed by atoms with Crippen molar-refractivity contribution in [3.8, 4) is 5.75 Å². The van der Waals surface area contributed by atoms with Gasteiger partial charge in [0.2, 0.25) is 0 Å². The zero-order valence-corrected chi connectivity index (χ0v) is 19.9. The van der Waals surface area contributed by atoms with E-state index in [0.717, 1.165) is 22.4 Å². The molecule has 2 amide bonds. The number of hydrogen-bond acceptors (Lipinski definition) is 4. The molecule has 0 unspecified atom stereocenters. The normalized spacial score (nSPS) is 10.8. The lowest BCUT2D eigenvalue weighted by atomic mass is 10.1. The number of hydrogen-bond donors (Lipinski definition) is 2. The number of amides is 2. The molecule has 3 aromatic rings. The summed E-state index contributed by atoms with van der Waals surface area (Å²) in [5.74, 6) is -0.478. The second-order valence-electron chi connectivity index (χ2n) is 7.46. The van der Waals surface area contributed by atoms with Crippen LogP contribution in [0.2, 0.25) is 10.0 Å². The first-order chi connectivity index (χ1) is 15.7. The van der Waals surface area contributed by atoms with Crippen LogP contribution in [0.1, 0.15) is 32.6 Å². The second-order valence-corrected chi connectivity index (χ2v) is 8.28. The minimum Gasteiger partial charge on any atom is -0.481 e. The third kappa shape index (κ3) is 6.57. The number of carbonyl (C=O) groups excluding carboxylic acids is 2. The molecule has 2 N–H and O–H groups in total. The molecule has 0 aromatic heterocycles. The lowest BCUT2D eigenvalue weighted by Crippen LogP contribution is -2.21. The van der Waals surface area contributed by atoms with Gasteiger partial charge in [-0.2, -0.15) is 5.10 Å². The molecule has 0 heterocycles. The molecule has 6 nitrogen and oxygen atoms in total. The third-order valence-corrected chi connectivity index (χ3v) is 5.50. The van der Waals surface area contributed by atoms with Gasteiger partial charge in [-0.05, 0) is 67.8 Å². The number of nitrogens with one attached hydrogen (secondary N) is 2. The Morgan fingerprint density at radius 1 is 1.00 bits per heavy atom. The Labute approximate surface area is 202 Å². The number of ether oxygens (including phenoxy) is 1. The van der Waals surface area contributed by atoms with Crippen molar-refractivity contribution in [2.75, 3.05) is 11.9 Å². The van der Waals surface area contributed by atoms with Crippen molar-refractivity contribution in [2.24, 2.45) is 5.10 Å². The van der Waals surface area contributed by atoms with Crippen molar-refractivity contribution in [1.82, 2.24) is 5.43 Å². The van der Waals surface area contributed by atoms with Gasteiger partial charge in [0.1, 0.15) is 0 Å². The average molecular weight is 484 g/mol. The van der Waals surface area contributed by atoms with Gasteiger partial charge in [0.05, 0.1) is 16.3 Å². The highest BCUT2D eigenvalue weighted by Crippen LogP contribution is 2.34. The smallest absolute Gasteiger partial charge is 0.271 e. The minimum atomic E-state index is -0.335. The van der Waals surface area contributed by atoms with E-state index < -0.39 is 0 Å². The number of aryl methyl sites for hydroxylation is 2. The maximum Gasteiger partial charge on any atom is 0.271 e. The van der Waals surface area contributed by atoms with E-state index in [2.05, 4.69) is 15.8 Å². The third-order valence-electron chi connectivity index (χ3n) is 4.94. The number of nitrogens with zero attached hydrogens (tertiary/aromatic N) is 1. The molecular weight excluding hydrogens is 461 g/mol. The molecule has 0 saturated heterocycles. The molecule has 3 aromatic carbocycles. The Morgan fingerprint density at radius 3 is 2.33 bits per heavy atom. The van der Waals surface area contributed by atoms with Crippen LogP contribution < -0.4 is 15.5 Å². The first-order valence-corrected chi connectivity index (χ1v) is 10.9. The summed E-state index contributed by atoms with van der Waals surface area (Å²) in [5.41, 5.74) is 7.35. The Hall–Kier alpha value is -3.35. The molecule has 0 aliphatic carbocycles. The summed E-state index contributed by atoms with van der Waals surface area (Å²) in [6.07, 6.45) is 1.42. The first-order valence-electron chi connectivity index (χ1n) is 10.1. The van der Waals surface area contributed by atoms with E-state index in [1.807, 2.05) is 51.1 Å². The average Bonchev–Trinajstić information content (AvgIpc) is 2.77. The molecule has 0 aliphatic rings. The molecule has 0 saturated carbocycles. The van der Waals surface area contributed by atoms with Crippen molar-refractivity contribution >= 4 is 46.9 Å². The van der Waals surface area contributed by atoms with Gasteiger partial charge >= 0.3 is 0 Å². The number of halogens is 2. The Morgan fingerprint density at radius 2 is 1.67 bits per heavy atom. The number of carbonyl (C=O) groups is 2. The van der Waals surface area contributed by atoms with Crippen LogP contribution in [0.3, 0.4) is 0 Å². The molecule has 3 rings (SSSR count). The molecule has 0 atom stereocenters. The van der Waals surface area contributed by atoms with E-state index >= 15 is 0 Å². The molecule has 8 heteroatoms. The van der Waals surface area contributed by atoms with Gasteiger partial charge in [0.15, 0.2) is 12.4 Å². The van der Waals surface area contributed by atoms with Crippen LogP contribution in [0.15, 0.2) is 59.7 Å². The summed E-state index contributed by atoms with van der Waals surface area (Å²) in [6, 6.07) is 16.0. The number of rotatable bonds is 7. The highest BCUT2D eigenvalue weighted by molar-refractivity contribution is 6.37. The molecule has 170 valence electrons. The van der Waals surface area contributed by atoms with E-state index in [9.17, 15) is 9.59 Å². The van der Waals surface area contributed by atoms with Crippen molar-refractivity contribution in [3.05, 3.63) is 92.5 Å². The fourth-order valence-corrected chi connectivity index (χ4v) is 3.55. The molecule has 0 fully saturated rings. The summed E-state index contributed by atoms with van der Waals surface area (Å²) < 4.78 is 5.55. The largest absolute Gasteiger partial charge is 0.481 e. The number of benzene rings is 3. The molecule has 0 spiro atoms. The van der Waals surface area contributed by atoms with Crippen LogP contribution in [-0.2, 0) is 4.79 Å². The van der Waals surface area contributed by atoms with Crippen LogP contribution in [0.4, 0.5) is 5.69 Å². The summed E-state index contributed by atoms with van der Waals surface area (Å²) in [7, 11) is 0. The number of hydrazone groups is 1. The van der Waals surface area contributed by atoms with Crippen LogP contribution >= 0.6 is 23.2 Å². The van der Waals surface area contributed by atoms with E-state index in [-0.39, 0.29) is 34.2 Å². The Bertz CT molecular complexity index is 1190. The lowest BCUT2D eigenvalue weighted by molar-refractivity contribution is -0.118. The van der Waals surface area contributed by atoms with Gasteiger partial charge in [0.25, 0.3) is 11.8 Å². The molecule has 33 heavy (non-hydrogen) atoms. The van der Waals surface area contributed by atoms with Crippen LogP contribution in [0, 0.1) is 20.8 Å². The monoisotopic (exact) mass is 483 g/mol. The fourth-order valence-electron chi connectivity index (χ4n) is 2.94. The quantitative estimate of drug-likeness (QED) is 0.334. The predicted molar refractivity (Wildman–Crippen MR) is 133 cm³/mol. The van der Waals surface area contributed by atoms with Crippen molar-refractivity contribution in [3.63, 3.8) is 0 Å². The highest BCUT2D eigenvalue weighted by atomic mass is 35.5. The highest BCUT2D eigenvalue weighted by Gasteiger charge is 2.13. The second kappa shape index (κ2) is 11.0. The van der Waals surface area contributed by atoms with Crippen LogP contribution in [-0.4, -0.2) is 24.6 Å². The maximum atomic E-state index is 12.3. The van der Waals surface area contributed by atoms with E-state index in [1.54, 1.807) is 24.3 Å². The fraction of sp³-hybridized carbons (Fsp3) is 0.160. The SMILES string of the molecule is Cc1ccc(C(=O)N/N=C/c2cc(Cl)c(OCC(=O)Nc3cccc(C)c3C)c(Cl)c2)cc1. The van der Waals surface area contributed by atoms with Crippen molar-refractivity contribution in [1.29, 1.82) is 0 Å². The summed E-state index contributed by atoms with van der Waals surface area (Å²) in [4.78, 5) is 24.4. The summed E-state index contributed by atoms with van der Waals surface area (Å²) in [5, 5.41) is 7.19. The molecule has 0 aliphatic heterocycles. The first kappa shape index (κ1) is 24.3. The van der Waals surface area contributed by atoms with Gasteiger partial charge in [0, 0.05) is 11.3 Å². The predicted octanol–water partition coefficient (Wildman–Crippen LogP) is 5.70. The maximum absolute atomic E-state index is 12.3.